The van der Waals surface area contributed by atoms with Crippen molar-refractivity contribution in [3.05, 3.63) is 83.2 Å². The summed E-state index contributed by atoms with van der Waals surface area (Å²) in [5.41, 5.74) is 1.72. The van der Waals surface area contributed by atoms with Crippen LogP contribution in [0.2, 0.25) is 0 Å². The summed E-state index contributed by atoms with van der Waals surface area (Å²) < 4.78 is 11.4. The Labute approximate surface area is 184 Å². The number of carbonyl (C=O) groups is 3. The van der Waals surface area contributed by atoms with E-state index < -0.39 is 18.1 Å². The van der Waals surface area contributed by atoms with Crippen LogP contribution in [0.4, 0.5) is 0 Å². The number of nitrogens with one attached hydrogen (secondary N) is 1. The highest BCUT2D eigenvalue weighted by molar-refractivity contribution is 8.00. The molecule has 0 radical (unpaired) electrons. The second-order valence-electron chi connectivity index (χ2n) is 7.17. The van der Waals surface area contributed by atoms with Crippen molar-refractivity contribution in [3.63, 3.8) is 0 Å². The van der Waals surface area contributed by atoms with Crippen LogP contribution in [0.25, 0.3) is 0 Å². The molecule has 1 fully saturated rings. The molecule has 2 atom stereocenters. The highest BCUT2D eigenvalue weighted by Gasteiger charge is 2.55. The zero-order valence-corrected chi connectivity index (χ0v) is 17.9. The first-order valence-corrected chi connectivity index (χ1v) is 10.9. The lowest BCUT2D eigenvalue weighted by atomic mass is 10.0. The van der Waals surface area contributed by atoms with Crippen molar-refractivity contribution >= 4 is 29.5 Å². The third kappa shape index (κ3) is 4.03. The molecule has 8 heteroatoms. The Morgan fingerprint density at radius 2 is 1.65 bits per heavy atom. The molecule has 2 aromatic rings. The van der Waals surface area contributed by atoms with Gasteiger partial charge in [0.1, 0.15) is 17.2 Å². The molecule has 31 heavy (non-hydrogen) atoms. The van der Waals surface area contributed by atoms with Gasteiger partial charge in [-0.15, -0.1) is 11.8 Å². The highest BCUT2D eigenvalue weighted by atomic mass is 32.2. The quantitative estimate of drug-likeness (QED) is 0.551. The van der Waals surface area contributed by atoms with Crippen molar-refractivity contribution in [2.75, 3.05) is 12.9 Å². The lowest BCUT2D eigenvalue weighted by molar-refractivity contribution is -0.155. The van der Waals surface area contributed by atoms with E-state index in [1.807, 2.05) is 60.7 Å². The Morgan fingerprint density at radius 1 is 1.06 bits per heavy atom. The molecule has 160 valence electrons. The molecular formula is C23H22N2O5S. The summed E-state index contributed by atoms with van der Waals surface area (Å²) in [5.74, 6) is -0.523. The topological polar surface area (TPSA) is 84.9 Å². The van der Waals surface area contributed by atoms with Crippen LogP contribution in [0.5, 0.6) is 0 Å². The molecule has 0 aromatic heterocycles. The predicted molar refractivity (Wildman–Crippen MR) is 116 cm³/mol. The van der Waals surface area contributed by atoms with Gasteiger partial charge in [-0.05, 0) is 11.1 Å². The smallest absolute Gasteiger partial charge is 0.359 e. The van der Waals surface area contributed by atoms with Crippen molar-refractivity contribution in [3.8, 4) is 0 Å². The van der Waals surface area contributed by atoms with Crippen molar-refractivity contribution in [2.45, 2.75) is 24.4 Å². The van der Waals surface area contributed by atoms with Gasteiger partial charge in [0.15, 0.2) is 11.8 Å². The third-order valence-electron chi connectivity index (χ3n) is 5.16. The molecule has 2 aliphatic heterocycles. The number of methoxy groups -OCH3 is 1. The number of hydrogen-bond acceptors (Lipinski definition) is 6. The maximum Gasteiger partial charge on any atom is 0.359 e. The van der Waals surface area contributed by atoms with E-state index in [-0.39, 0.29) is 22.9 Å². The highest BCUT2D eigenvalue weighted by Crippen LogP contribution is 2.41. The lowest BCUT2D eigenvalue weighted by Crippen LogP contribution is -2.70. The number of benzene rings is 2. The predicted octanol–water partition coefficient (Wildman–Crippen LogP) is 2.60. The maximum absolute atomic E-state index is 13.3. The first kappa shape index (κ1) is 21.0. The standard InChI is InChI=1S/C23H22N2O5S/c1-14(26)24-18-21(27)25-19(17(29-2)13-31-22(18)25)23(28)30-20(15-9-5-3-6-10-15)16-11-7-4-8-12-16/h3-12,18,20,22H,13H2,1-2H3,(H,24,26)/t18?,22-/m0/s1. The molecule has 0 saturated carbocycles. The molecule has 2 aliphatic rings. The molecule has 0 bridgehead atoms. The summed E-state index contributed by atoms with van der Waals surface area (Å²) in [4.78, 5) is 38.9. The van der Waals surface area contributed by atoms with Crippen molar-refractivity contribution in [1.29, 1.82) is 0 Å². The van der Waals surface area contributed by atoms with Gasteiger partial charge in [-0.1, -0.05) is 60.7 Å². The molecule has 0 spiro atoms. The number of esters is 1. The van der Waals surface area contributed by atoms with Gasteiger partial charge in [0, 0.05) is 6.92 Å². The van der Waals surface area contributed by atoms with Gasteiger partial charge in [-0.25, -0.2) is 4.79 Å². The Bertz CT molecular complexity index is 985. The number of β-lactam (4-membered cyclic amide) rings is 1. The summed E-state index contributed by atoms with van der Waals surface area (Å²) in [6.45, 7) is 1.36. The Balaban J connectivity index is 1.64. The van der Waals surface area contributed by atoms with E-state index in [1.54, 1.807) is 0 Å². The molecule has 1 N–H and O–H groups in total. The van der Waals surface area contributed by atoms with Gasteiger partial charge in [-0.3, -0.25) is 14.5 Å². The van der Waals surface area contributed by atoms with E-state index in [1.165, 1.54) is 30.7 Å². The van der Waals surface area contributed by atoms with E-state index in [9.17, 15) is 14.4 Å². The van der Waals surface area contributed by atoms with Crippen LogP contribution in [-0.4, -0.2) is 47.0 Å². The fourth-order valence-corrected chi connectivity index (χ4v) is 5.01. The van der Waals surface area contributed by atoms with Crippen LogP contribution in [0.3, 0.4) is 0 Å². The van der Waals surface area contributed by atoms with Crippen molar-refractivity contribution in [1.82, 2.24) is 10.2 Å². The fourth-order valence-electron chi connectivity index (χ4n) is 3.70. The number of nitrogens with zero attached hydrogens (tertiary/aromatic N) is 1. The second kappa shape index (κ2) is 8.85. The minimum absolute atomic E-state index is 0.0923. The average Bonchev–Trinajstić information content (AvgIpc) is 2.80. The molecule has 7 nitrogen and oxygen atoms in total. The molecule has 0 aliphatic carbocycles. The van der Waals surface area contributed by atoms with Gasteiger partial charge in [-0.2, -0.15) is 0 Å². The van der Waals surface area contributed by atoms with Gasteiger partial charge < -0.3 is 14.8 Å². The number of ether oxygens (including phenoxy) is 2. The van der Waals surface area contributed by atoms with Crippen LogP contribution < -0.4 is 5.32 Å². The molecular weight excluding hydrogens is 416 g/mol. The van der Waals surface area contributed by atoms with Gasteiger partial charge in [0.25, 0.3) is 5.91 Å². The number of hydrogen-bond donors (Lipinski definition) is 1. The third-order valence-corrected chi connectivity index (χ3v) is 6.41. The molecule has 2 aromatic carbocycles. The van der Waals surface area contributed by atoms with E-state index in [4.69, 9.17) is 9.47 Å². The van der Waals surface area contributed by atoms with E-state index >= 15 is 0 Å². The molecule has 1 saturated heterocycles. The van der Waals surface area contributed by atoms with E-state index in [0.717, 1.165) is 11.1 Å². The normalized spacial score (nSPS) is 20.1. The van der Waals surface area contributed by atoms with Crippen molar-refractivity contribution in [2.24, 2.45) is 0 Å². The van der Waals surface area contributed by atoms with E-state index in [0.29, 0.717) is 11.5 Å². The number of fused-ring (bicyclic) bond motifs is 1. The van der Waals surface area contributed by atoms with Crippen LogP contribution in [-0.2, 0) is 23.9 Å². The van der Waals surface area contributed by atoms with Crippen LogP contribution in [0, 0.1) is 0 Å². The maximum atomic E-state index is 13.3. The summed E-state index contributed by atoms with van der Waals surface area (Å²) in [6, 6.07) is 18.2. The zero-order chi connectivity index (χ0) is 22.0. The minimum atomic E-state index is -0.664. The number of amides is 2. The second-order valence-corrected chi connectivity index (χ2v) is 8.28. The van der Waals surface area contributed by atoms with Crippen molar-refractivity contribution < 1.29 is 23.9 Å². The molecule has 1 unspecified atom stereocenters. The van der Waals surface area contributed by atoms with Crippen LogP contribution in [0.1, 0.15) is 24.2 Å². The van der Waals surface area contributed by atoms with Crippen LogP contribution in [0.15, 0.2) is 72.1 Å². The summed E-state index contributed by atoms with van der Waals surface area (Å²) >= 11 is 1.43. The van der Waals surface area contributed by atoms with E-state index in [2.05, 4.69) is 5.32 Å². The number of rotatable bonds is 6. The zero-order valence-electron chi connectivity index (χ0n) is 17.1. The lowest BCUT2D eigenvalue weighted by Gasteiger charge is -2.49. The Hall–Kier alpha value is -3.26. The van der Waals surface area contributed by atoms with Gasteiger partial charge in [0.05, 0.1) is 12.9 Å². The Kier molecular flexibility index (Phi) is 5.99. The monoisotopic (exact) mass is 438 g/mol. The SMILES string of the molecule is COC1=C(C(=O)OC(c2ccccc2)c2ccccc2)N2C(=O)C(NC(C)=O)[C@@H]2SC1. The summed E-state index contributed by atoms with van der Waals surface area (Å²) in [7, 11) is 1.46. The first-order valence-electron chi connectivity index (χ1n) is 9.81. The van der Waals surface area contributed by atoms with Gasteiger partial charge >= 0.3 is 5.97 Å². The molecule has 2 heterocycles. The first-order chi connectivity index (χ1) is 15.0. The average molecular weight is 439 g/mol. The summed E-state index contributed by atoms with van der Waals surface area (Å²) in [5, 5.41) is 2.28. The summed E-state index contributed by atoms with van der Waals surface area (Å²) in [6.07, 6.45) is -0.643. The van der Waals surface area contributed by atoms with Crippen LogP contribution >= 0.6 is 11.8 Å². The minimum Gasteiger partial charge on any atom is -0.498 e. The van der Waals surface area contributed by atoms with Gasteiger partial charge in [0.2, 0.25) is 5.91 Å². The Morgan fingerprint density at radius 3 is 2.16 bits per heavy atom. The number of thioether (sulfide) groups is 1. The molecule has 2 amide bonds. The largest absolute Gasteiger partial charge is 0.498 e. The molecule has 4 rings (SSSR count). The fraction of sp³-hybridized carbons (Fsp3) is 0.261. The number of carbonyl (C=O) groups excluding carboxylic acids is 3.